The first kappa shape index (κ1) is 29.0. The van der Waals surface area contributed by atoms with Crippen LogP contribution in [0.3, 0.4) is 0 Å². The number of nitrogens with zero attached hydrogens (tertiary/aromatic N) is 4. The number of fused-ring (bicyclic) bond motifs is 10. The molecule has 11 aromatic rings. The van der Waals surface area contributed by atoms with E-state index < -0.39 is 0 Å². The third-order valence-electron chi connectivity index (χ3n) is 9.96. The number of hydrogen-bond donors (Lipinski definition) is 0. The number of thiazole rings is 1. The van der Waals surface area contributed by atoms with Crippen molar-refractivity contribution in [1.29, 1.82) is 0 Å². The summed E-state index contributed by atoms with van der Waals surface area (Å²) in [6.45, 7) is 0. The molecule has 3 heterocycles. The molecule has 0 aliphatic heterocycles. The molecule has 0 saturated carbocycles. The van der Waals surface area contributed by atoms with Crippen LogP contribution in [0.4, 0.5) is 0 Å². The Morgan fingerprint density at radius 1 is 0.385 bits per heavy atom. The van der Waals surface area contributed by atoms with Crippen LogP contribution in [0.2, 0.25) is 0 Å². The van der Waals surface area contributed by atoms with Crippen LogP contribution in [-0.2, 0) is 0 Å². The first-order valence-corrected chi connectivity index (χ1v) is 18.0. The van der Waals surface area contributed by atoms with E-state index in [1.54, 1.807) is 11.3 Å². The van der Waals surface area contributed by atoms with E-state index in [1.165, 1.54) is 32.3 Å². The monoisotopic (exact) mass is 682 g/mol. The topological polar surface area (TPSA) is 64.7 Å². The Morgan fingerprint density at radius 2 is 0.942 bits per heavy atom. The third-order valence-corrected chi connectivity index (χ3v) is 11.0. The lowest BCUT2D eigenvalue weighted by molar-refractivity contribution is 0.669. The van der Waals surface area contributed by atoms with Crippen molar-refractivity contribution >= 4 is 75.8 Å². The number of hydrogen-bond acceptors (Lipinski definition) is 6. The average Bonchev–Trinajstić information content (AvgIpc) is 3.83. The van der Waals surface area contributed by atoms with Crippen molar-refractivity contribution in [2.45, 2.75) is 0 Å². The molecule has 52 heavy (non-hydrogen) atoms. The molecule has 0 atom stereocenters. The predicted octanol–water partition coefficient (Wildman–Crippen LogP) is 12.5. The lowest BCUT2D eigenvalue weighted by Crippen LogP contribution is -2.00. The molecule has 0 saturated heterocycles. The van der Waals surface area contributed by atoms with Gasteiger partial charge in [-0.1, -0.05) is 127 Å². The van der Waals surface area contributed by atoms with Crippen molar-refractivity contribution in [3.63, 3.8) is 0 Å². The van der Waals surface area contributed by atoms with Crippen LogP contribution in [0, 0.1) is 0 Å². The molecule has 0 bridgehead atoms. The molecule has 0 aliphatic rings. The maximum atomic E-state index is 6.51. The Hall–Kier alpha value is -6.76. The first-order chi connectivity index (χ1) is 25.8. The van der Waals surface area contributed by atoms with Crippen LogP contribution in [0.25, 0.3) is 109 Å². The van der Waals surface area contributed by atoms with E-state index in [-0.39, 0.29) is 0 Å². The van der Waals surface area contributed by atoms with Gasteiger partial charge in [0.25, 0.3) is 0 Å². The number of benzene rings is 8. The van der Waals surface area contributed by atoms with Crippen LogP contribution in [-0.4, -0.2) is 19.9 Å². The summed E-state index contributed by atoms with van der Waals surface area (Å²) < 4.78 is 7.66. The number of furan rings is 1. The summed E-state index contributed by atoms with van der Waals surface area (Å²) in [6, 6.07) is 54.5. The van der Waals surface area contributed by atoms with Crippen LogP contribution >= 0.6 is 11.3 Å². The van der Waals surface area contributed by atoms with E-state index in [9.17, 15) is 0 Å². The lowest BCUT2D eigenvalue weighted by Gasteiger charge is -2.13. The molecule has 8 aromatic carbocycles. The zero-order valence-electron chi connectivity index (χ0n) is 27.6. The number of para-hydroxylation sites is 1. The Balaban J connectivity index is 1.18. The highest BCUT2D eigenvalue weighted by Crippen LogP contribution is 2.43. The van der Waals surface area contributed by atoms with E-state index in [0.717, 1.165) is 59.4 Å². The zero-order chi connectivity index (χ0) is 34.2. The van der Waals surface area contributed by atoms with E-state index >= 15 is 0 Å². The smallest absolute Gasteiger partial charge is 0.164 e. The molecule has 0 spiro atoms. The largest absolute Gasteiger partial charge is 0.456 e. The van der Waals surface area contributed by atoms with Crippen LogP contribution in [0.5, 0.6) is 0 Å². The van der Waals surface area contributed by atoms with Gasteiger partial charge < -0.3 is 4.42 Å². The molecular weight excluding hydrogens is 657 g/mol. The van der Waals surface area contributed by atoms with Gasteiger partial charge in [-0.05, 0) is 62.6 Å². The van der Waals surface area contributed by atoms with Crippen molar-refractivity contribution in [1.82, 2.24) is 19.9 Å². The van der Waals surface area contributed by atoms with Crippen molar-refractivity contribution in [3.8, 4) is 44.7 Å². The molecule has 3 aromatic heterocycles. The Labute approximate surface area is 301 Å². The fourth-order valence-electron chi connectivity index (χ4n) is 7.61. The Kier molecular flexibility index (Phi) is 6.35. The van der Waals surface area contributed by atoms with Crippen LogP contribution in [0.1, 0.15) is 0 Å². The predicted molar refractivity (Wildman–Crippen MR) is 215 cm³/mol. The van der Waals surface area contributed by atoms with Gasteiger partial charge in [0.2, 0.25) is 0 Å². The van der Waals surface area contributed by atoms with Gasteiger partial charge in [-0.2, -0.15) is 0 Å². The highest BCUT2D eigenvalue weighted by atomic mass is 32.1. The van der Waals surface area contributed by atoms with Crippen molar-refractivity contribution in [2.24, 2.45) is 0 Å². The standard InChI is InChI=1S/C46H26N4OS/c1-2-12-27(13-3-1)43-48-44(28-24-25-33-31-16-5-4-14-29(31)30-15-6-7-17-32(30)36(33)26-28)50-45(49-43)34-18-10-21-38-41(34)42-35(19-11-22-39(42)51-38)46-47-37-20-8-9-23-40(37)52-46/h1-26H. The summed E-state index contributed by atoms with van der Waals surface area (Å²) in [5.74, 6) is 1.80. The molecule has 6 heteroatoms. The van der Waals surface area contributed by atoms with E-state index in [1.807, 2.05) is 60.7 Å². The maximum Gasteiger partial charge on any atom is 0.164 e. The summed E-state index contributed by atoms with van der Waals surface area (Å²) in [7, 11) is 0. The summed E-state index contributed by atoms with van der Waals surface area (Å²) in [5, 5.41) is 10.2. The van der Waals surface area contributed by atoms with Gasteiger partial charge in [-0.25, -0.2) is 19.9 Å². The number of rotatable bonds is 4. The molecule has 242 valence electrons. The molecule has 0 aliphatic carbocycles. The molecule has 5 nitrogen and oxygen atoms in total. The molecule has 0 N–H and O–H groups in total. The van der Waals surface area contributed by atoms with E-state index in [2.05, 4.69) is 97.1 Å². The first-order valence-electron chi connectivity index (χ1n) is 17.2. The van der Waals surface area contributed by atoms with E-state index in [4.69, 9.17) is 24.4 Å². The minimum absolute atomic E-state index is 0.583. The van der Waals surface area contributed by atoms with Crippen LogP contribution in [0.15, 0.2) is 162 Å². The fraction of sp³-hybridized carbons (Fsp3) is 0. The molecule has 11 rings (SSSR count). The molecular formula is C46H26N4OS. The minimum atomic E-state index is 0.583. The second-order valence-corrected chi connectivity index (χ2v) is 14.0. The molecule has 0 amide bonds. The normalized spacial score (nSPS) is 11.8. The zero-order valence-corrected chi connectivity index (χ0v) is 28.4. The average molecular weight is 683 g/mol. The third kappa shape index (κ3) is 4.48. The summed E-state index contributed by atoms with van der Waals surface area (Å²) in [6.07, 6.45) is 0. The van der Waals surface area contributed by atoms with Gasteiger partial charge in [0.05, 0.1) is 10.2 Å². The van der Waals surface area contributed by atoms with Gasteiger partial charge in [-0.3, -0.25) is 0 Å². The van der Waals surface area contributed by atoms with Gasteiger partial charge in [-0.15, -0.1) is 11.3 Å². The SMILES string of the molecule is c1ccc(-c2nc(-c3ccc4c5ccccc5c5ccccc5c4c3)nc(-c3cccc4oc5cccc(-c6nc7ccccc7s6)c5c34)n2)cc1. The summed E-state index contributed by atoms with van der Waals surface area (Å²) in [5.41, 5.74) is 6.30. The van der Waals surface area contributed by atoms with Gasteiger partial charge in [0, 0.05) is 33.0 Å². The quantitative estimate of drug-likeness (QED) is 0.173. The van der Waals surface area contributed by atoms with Gasteiger partial charge >= 0.3 is 0 Å². The van der Waals surface area contributed by atoms with Gasteiger partial charge in [0.15, 0.2) is 17.5 Å². The highest BCUT2D eigenvalue weighted by molar-refractivity contribution is 7.21. The second-order valence-electron chi connectivity index (χ2n) is 13.0. The van der Waals surface area contributed by atoms with Crippen LogP contribution < -0.4 is 0 Å². The molecule has 0 fully saturated rings. The fourth-order valence-corrected chi connectivity index (χ4v) is 8.60. The summed E-state index contributed by atoms with van der Waals surface area (Å²) in [4.78, 5) is 20.5. The molecule has 0 unspecified atom stereocenters. The van der Waals surface area contributed by atoms with Crippen molar-refractivity contribution < 1.29 is 4.42 Å². The van der Waals surface area contributed by atoms with Crippen molar-refractivity contribution in [2.75, 3.05) is 0 Å². The Bertz CT molecular complexity index is 3130. The molecule has 0 radical (unpaired) electrons. The maximum absolute atomic E-state index is 6.51. The van der Waals surface area contributed by atoms with Crippen molar-refractivity contribution in [3.05, 3.63) is 158 Å². The Morgan fingerprint density at radius 3 is 1.65 bits per heavy atom. The highest BCUT2D eigenvalue weighted by Gasteiger charge is 2.21. The van der Waals surface area contributed by atoms with E-state index in [0.29, 0.717) is 17.5 Å². The second kappa shape index (κ2) is 11.4. The summed E-state index contributed by atoms with van der Waals surface area (Å²) >= 11 is 1.69. The number of aromatic nitrogens is 4. The van der Waals surface area contributed by atoms with Gasteiger partial charge in [0.1, 0.15) is 16.2 Å². The lowest BCUT2D eigenvalue weighted by atomic mass is 9.93. The minimum Gasteiger partial charge on any atom is -0.456 e.